The summed E-state index contributed by atoms with van der Waals surface area (Å²) in [5.74, 6) is -1.30. The van der Waals surface area contributed by atoms with Gasteiger partial charge in [0.15, 0.2) is 0 Å². The molecule has 4 rings (SSSR count). The van der Waals surface area contributed by atoms with Gasteiger partial charge in [-0.1, -0.05) is 54.6 Å². The number of carboxylic acid groups (broad SMARTS) is 1. The Morgan fingerprint density at radius 1 is 0.857 bits per heavy atom. The van der Waals surface area contributed by atoms with Gasteiger partial charge in [0.1, 0.15) is 6.61 Å². The zero-order valence-corrected chi connectivity index (χ0v) is 19.0. The van der Waals surface area contributed by atoms with Gasteiger partial charge in [-0.05, 0) is 40.5 Å². The van der Waals surface area contributed by atoms with E-state index in [9.17, 15) is 14.4 Å². The number of carbonyl (C=O) groups is 3. The number of carbonyl (C=O) groups excluding carboxylic acids is 2. The van der Waals surface area contributed by atoms with Crippen molar-refractivity contribution >= 4 is 23.7 Å². The molecule has 0 bridgehead atoms. The molecule has 8 heteroatoms. The van der Waals surface area contributed by atoms with Gasteiger partial charge >= 0.3 is 12.1 Å². The fraction of sp³-hybridized carbons (Fsp3) is 0.222. The zero-order chi connectivity index (χ0) is 24.6. The maximum absolute atomic E-state index is 12.5. The number of aliphatic carboxylic acids is 1. The maximum atomic E-state index is 12.5. The lowest BCUT2D eigenvalue weighted by Gasteiger charge is -2.15. The largest absolute Gasteiger partial charge is 0.481 e. The third-order valence-corrected chi connectivity index (χ3v) is 5.71. The minimum atomic E-state index is -0.935. The molecular formula is C27H26N2O6. The summed E-state index contributed by atoms with van der Waals surface area (Å²) in [6.07, 6.45) is -0.686. The zero-order valence-electron chi connectivity index (χ0n) is 19.0. The van der Waals surface area contributed by atoms with Crippen LogP contribution in [0.25, 0.3) is 11.1 Å². The van der Waals surface area contributed by atoms with Crippen molar-refractivity contribution in [3.8, 4) is 11.1 Å². The second-order valence-corrected chi connectivity index (χ2v) is 8.04. The third-order valence-electron chi connectivity index (χ3n) is 5.71. The van der Waals surface area contributed by atoms with Gasteiger partial charge in [0, 0.05) is 23.7 Å². The molecule has 0 radical (unpaired) electrons. The first kappa shape index (κ1) is 24.0. The van der Waals surface area contributed by atoms with Crippen molar-refractivity contribution in [2.45, 2.75) is 12.3 Å². The lowest BCUT2D eigenvalue weighted by atomic mass is 9.98. The predicted molar refractivity (Wildman–Crippen MR) is 131 cm³/mol. The van der Waals surface area contributed by atoms with E-state index in [0.29, 0.717) is 11.3 Å². The van der Waals surface area contributed by atoms with Crippen molar-refractivity contribution < 1.29 is 29.0 Å². The van der Waals surface area contributed by atoms with Crippen LogP contribution in [0.5, 0.6) is 0 Å². The molecule has 0 saturated heterocycles. The summed E-state index contributed by atoms with van der Waals surface area (Å²) in [6.45, 7) is 0.728. The van der Waals surface area contributed by atoms with Crippen LogP contribution in [0.1, 0.15) is 33.8 Å². The van der Waals surface area contributed by atoms with E-state index in [0.717, 1.165) is 22.3 Å². The van der Waals surface area contributed by atoms with Gasteiger partial charge in [-0.15, -0.1) is 0 Å². The Hall–Kier alpha value is -4.17. The lowest BCUT2D eigenvalue weighted by Crippen LogP contribution is -2.27. The SMILES string of the molecule is O=C(O)CCOCCNC(=O)c1cccc(NC(=O)OCC2c3ccccc3-c3ccccc32)c1. The van der Waals surface area contributed by atoms with Crippen molar-refractivity contribution in [1.29, 1.82) is 0 Å². The monoisotopic (exact) mass is 474 g/mol. The molecule has 3 N–H and O–H groups in total. The number of nitrogens with one attached hydrogen (secondary N) is 2. The molecule has 0 spiro atoms. The second kappa shape index (κ2) is 11.3. The van der Waals surface area contributed by atoms with Gasteiger partial charge in [-0.2, -0.15) is 0 Å². The van der Waals surface area contributed by atoms with Crippen LogP contribution >= 0.6 is 0 Å². The first-order chi connectivity index (χ1) is 17.0. The molecular weight excluding hydrogens is 448 g/mol. The number of anilines is 1. The number of benzene rings is 3. The maximum Gasteiger partial charge on any atom is 0.411 e. The fourth-order valence-electron chi connectivity index (χ4n) is 4.09. The molecule has 0 heterocycles. The van der Waals surface area contributed by atoms with Crippen LogP contribution in [-0.2, 0) is 14.3 Å². The summed E-state index contributed by atoms with van der Waals surface area (Å²) in [5.41, 5.74) is 5.38. The Morgan fingerprint density at radius 3 is 2.23 bits per heavy atom. The van der Waals surface area contributed by atoms with Gasteiger partial charge in [0.25, 0.3) is 5.91 Å². The molecule has 8 nitrogen and oxygen atoms in total. The average molecular weight is 475 g/mol. The molecule has 0 atom stereocenters. The van der Waals surface area contributed by atoms with E-state index < -0.39 is 12.1 Å². The number of carboxylic acids is 1. The van der Waals surface area contributed by atoms with Crippen molar-refractivity contribution in [1.82, 2.24) is 5.32 Å². The highest BCUT2D eigenvalue weighted by atomic mass is 16.5. The summed E-state index contributed by atoms with van der Waals surface area (Å²) in [5, 5.41) is 13.9. The highest BCUT2D eigenvalue weighted by Crippen LogP contribution is 2.44. The first-order valence-corrected chi connectivity index (χ1v) is 11.3. The Morgan fingerprint density at radius 2 is 1.54 bits per heavy atom. The van der Waals surface area contributed by atoms with Crippen LogP contribution < -0.4 is 10.6 Å². The van der Waals surface area contributed by atoms with Gasteiger partial charge in [-0.25, -0.2) is 4.79 Å². The summed E-state index contributed by atoms with van der Waals surface area (Å²) in [6, 6.07) is 22.8. The number of amides is 2. The topological polar surface area (TPSA) is 114 Å². The number of hydrogen-bond acceptors (Lipinski definition) is 5. The molecule has 35 heavy (non-hydrogen) atoms. The van der Waals surface area contributed by atoms with E-state index in [-0.39, 0.29) is 44.6 Å². The normalized spacial score (nSPS) is 11.9. The first-order valence-electron chi connectivity index (χ1n) is 11.3. The van der Waals surface area contributed by atoms with Crippen molar-refractivity contribution in [2.24, 2.45) is 0 Å². The summed E-state index contributed by atoms with van der Waals surface area (Å²) >= 11 is 0. The highest BCUT2D eigenvalue weighted by Gasteiger charge is 2.29. The molecule has 0 aliphatic heterocycles. The smallest absolute Gasteiger partial charge is 0.411 e. The van der Waals surface area contributed by atoms with Crippen molar-refractivity contribution in [3.05, 3.63) is 89.5 Å². The van der Waals surface area contributed by atoms with E-state index in [1.807, 2.05) is 24.3 Å². The predicted octanol–water partition coefficient (Wildman–Crippen LogP) is 4.27. The Bertz CT molecular complexity index is 1180. The quantitative estimate of drug-likeness (QED) is 0.378. The van der Waals surface area contributed by atoms with Crippen LogP contribution in [0.3, 0.4) is 0 Å². The minimum Gasteiger partial charge on any atom is -0.481 e. The molecule has 2 amide bonds. The van der Waals surface area contributed by atoms with Gasteiger partial charge in [0.05, 0.1) is 19.6 Å². The lowest BCUT2D eigenvalue weighted by molar-refractivity contribution is -0.138. The van der Waals surface area contributed by atoms with Gasteiger partial charge in [-0.3, -0.25) is 14.9 Å². The van der Waals surface area contributed by atoms with Crippen LogP contribution in [0.2, 0.25) is 0 Å². The van der Waals surface area contributed by atoms with Crippen molar-refractivity contribution in [3.63, 3.8) is 0 Å². The molecule has 0 fully saturated rings. The molecule has 1 aliphatic carbocycles. The number of ether oxygens (including phenoxy) is 2. The molecule has 0 saturated carbocycles. The Balaban J connectivity index is 1.29. The van der Waals surface area contributed by atoms with E-state index in [2.05, 4.69) is 34.9 Å². The summed E-state index contributed by atoms with van der Waals surface area (Å²) in [7, 11) is 0. The van der Waals surface area contributed by atoms with E-state index in [1.54, 1.807) is 24.3 Å². The minimum absolute atomic E-state index is 0.0389. The Kier molecular flexibility index (Phi) is 7.74. The molecule has 0 unspecified atom stereocenters. The summed E-state index contributed by atoms with van der Waals surface area (Å²) in [4.78, 5) is 35.3. The van der Waals surface area contributed by atoms with Crippen LogP contribution in [-0.4, -0.2) is 49.4 Å². The Labute approximate surface area is 202 Å². The van der Waals surface area contributed by atoms with Gasteiger partial charge in [0.2, 0.25) is 0 Å². The molecule has 3 aromatic carbocycles. The molecule has 180 valence electrons. The average Bonchev–Trinajstić information content (AvgIpc) is 3.18. The highest BCUT2D eigenvalue weighted by molar-refractivity contribution is 5.96. The van der Waals surface area contributed by atoms with Crippen molar-refractivity contribution in [2.75, 3.05) is 31.7 Å². The molecule has 1 aliphatic rings. The third kappa shape index (κ3) is 6.04. The van der Waals surface area contributed by atoms with Crippen LogP contribution in [0.4, 0.5) is 10.5 Å². The fourth-order valence-corrected chi connectivity index (χ4v) is 4.09. The van der Waals surface area contributed by atoms with E-state index in [4.69, 9.17) is 14.6 Å². The number of hydrogen-bond donors (Lipinski definition) is 3. The number of fused-ring (bicyclic) bond motifs is 3. The van der Waals surface area contributed by atoms with E-state index in [1.165, 1.54) is 0 Å². The molecule has 0 aromatic heterocycles. The standard InChI is InChI=1S/C27H26N2O6/c30-25(31)12-14-34-15-13-28-26(32)18-6-5-7-19(16-18)29-27(33)35-17-24-22-10-3-1-8-20(22)21-9-2-4-11-23(21)24/h1-11,16,24H,12-15,17H2,(H,28,32)(H,29,33)(H,30,31). The summed E-state index contributed by atoms with van der Waals surface area (Å²) < 4.78 is 10.7. The van der Waals surface area contributed by atoms with E-state index >= 15 is 0 Å². The second-order valence-electron chi connectivity index (χ2n) is 8.04. The molecule has 3 aromatic rings. The number of rotatable bonds is 10. The van der Waals surface area contributed by atoms with Gasteiger partial charge < -0.3 is 19.9 Å². The van der Waals surface area contributed by atoms with Crippen LogP contribution in [0.15, 0.2) is 72.8 Å². The van der Waals surface area contributed by atoms with Crippen LogP contribution in [0, 0.1) is 0 Å².